The van der Waals surface area contributed by atoms with Crippen LogP contribution >= 0.6 is 9.39 Å². The van der Waals surface area contributed by atoms with Crippen molar-refractivity contribution < 1.29 is 13.2 Å². The first-order chi connectivity index (χ1) is 12.2. The summed E-state index contributed by atoms with van der Waals surface area (Å²) in [5, 5.41) is 2.94. The van der Waals surface area contributed by atoms with Crippen LogP contribution in [0.4, 0.5) is 24.5 Å². The van der Waals surface area contributed by atoms with Crippen LogP contribution in [0.25, 0.3) is 11.1 Å². The number of halogens is 3. The fourth-order valence-corrected chi connectivity index (χ4v) is 2.66. The summed E-state index contributed by atoms with van der Waals surface area (Å²) >= 11 is 0. The van der Waals surface area contributed by atoms with Crippen LogP contribution in [0.3, 0.4) is 0 Å². The molecule has 0 aliphatic carbocycles. The summed E-state index contributed by atoms with van der Waals surface area (Å²) in [6, 6.07) is 15.5. The van der Waals surface area contributed by atoms with Gasteiger partial charge in [-0.2, -0.15) is 13.2 Å². The topological polar surface area (TPSA) is 15.3 Å². The van der Waals surface area contributed by atoms with Crippen LogP contribution in [0.2, 0.25) is 0 Å². The third-order valence-corrected chi connectivity index (χ3v) is 4.15. The van der Waals surface area contributed by atoms with Gasteiger partial charge in [0.05, 0.1) is 0 Å². The zero-order chi connectivity index (χ0) is 19.3. The molecular weight excluding hydrogens is 356 g/mol. The number of rotatable bonds is 6. The van der Waals surface area contributed by atoms with Crippen LogP contribution < -0.4 is 9.99 Å². The van der Waals surface area contributed by atoms with Crippen molar-refractivity contribution in [1.82, 2.24) is 0 Å². The molecule has 0 amide bonds. The molecular formula is C20H22F3N2P. The molecule has 6 heteroatoms. The molecule has 0 saturated carbocycles. The van der Waals surface area contributed by atoms with E-state index in [0.29, 0.717) is 5.69 Å². The number of hydrogen-bond acceptors (Lipinski definition) is 2. The molecule has 1 N–H and O–H groups in total. The van der Waals surface area contributed by atoms with E-state index in [9.17, 15) is 13.2 Å². The number of alkyl halides is 3. The Kier molecular flexibility index (Phi) is 6.49. The van der Waals surface area contributed by atoms with Crippen LogP contribution in [0, 0.1) is 0 Å². The smallest absolute Gasteiger partial charge is 0.359 e. The molecule has 0 aliphatic rings. The molecule has 0 aromatic heterocycles. The summed E-state index contributed by atoms with van der Waals surface area (Å²) in [4.78, 5) is 0. The SMILES string of the molecule is C=C(/C=C(\CC)C(F)(F)F)Nc1cccc(-c2cccc(N(C)P)c2)c1. The van der Waals surface area contributed by atoms with Gasteiger partial charge < -0.3 is 9.99 Å². The van der Waals surface area contributed by atoms with E-state index in [0.717, 1.165) is 22.9 Å². The monoisotopic (exact) mass is 378 g/mol. The van der Waals surface area contributed by atoms with Crippen LogP contribution in [0.1, 0.15) is 13.3 Å². The highest BCUT2D eigenvalue weighted by Gasteiger charge is 2.31. The van der Waals surface area contributed by atoms with Crippen molar-refractivity contribution >= 4 is 20.8 Å². The lowest BCUT2D eigenvalue weighted by atomic mass is 10.0. The van der Waals surface area contributed by atoms with E-state index in [2.05, 4.69) is 21.3 Å². The predicted octanol–water partition coefficient (Wildman–Crippen LogP) is 6.40. The number of benzene rings is 2. The van der Waals surface area contributed by atoms with E-state index < -0.39 is 11.7 Å². The lowest BCUT2D eigenvalue weighted by Gasteiger charge is -2.14. The van der Waals surface area contributed by atoms with Crippen molar-refractivity contribution in [3.05, 3.63) is 72.5 Å². The predicted molar refractivity (Wildman–Crippen MR) is 107 cm³/mol. The van der Waals surface area contributed by atoms with Gasteiger partial charge in [0.25, 0.3) is 0 Å². The Labute approximate surface area is 154 Å². The molecule has 0 fully saturated rings. The summed E-state index contributed by atoms with van der Waals surface area (Å²) < 4.78 is 40.5. The Morgan fingerprint density at radius 2 is 1.77 bits per heavy atom. The van der Waals surface area contributed by atoms with Gasteiger partial charge in [-0.3, -0.25) is 0 Å². The normalized spacial score (nSPS) is 12.0. The van der Waals surface area contributed by atoms with Gasteiger partial charge in [-0.15, -0.1) is 0 Å². The second-order valence-corrected chi connectivity index (χ2v) is 6.69. The Balaban J connectivity index is 2.23. The maximum Gasteiger partial charge on any atom is 0.412 e. The number of nitrogens with zero attached hydrogens (tertiary/aromatic N) is 1. The molecule has 0 bridgehead atoms. The molecule has 1 atom stereocenters. The first-order valence-electron chi connectivity index (χ1n) is 8.13. The molecule has 1 unspecified atom stereocenters. The molecule has 2 rings (SSSR count). The van der Waals surface area contributed by atoms with Gasteiger partial charge in [0.2, 0.25) is 0 Å². The zero-order valence-electron chi connectivity index (χ0n) is 14.8. The van der Waals surface area contributed by atoms with Crippen molar-refractivity contribution in [2.24, 2.45) is 0 Å². The minimum absolute atomic E-state index is 0.0976. The van der Waals surface area contributed by atoms with Crippen molar-refractivity contribution in [1.29, 1.82) is 0 Å². The van der Waals surface area contributed by atoms with Crippen molar-refractivity contribution in [2.45, 2.75) is 19.5 Å². The van der Waals surface area contributed by atoms with Gasteiger partial charge in [0, 0.05) is 29.7 Å². The van der Waals surface area contributed by atoms with Gasteiger partial charge in [-0.05, 0) is 57.3 Å². The number of hydrogen-bond donors (Lipinski definition) is 1. The minimum Gasteiger partial charge on any atom is -0.359 e. The molecule has 0 aliphatic heterocycles. The Morgan fingerprint density at radius 3 is 2.35 bits per heavy atom. The second-order valence-electron chi connectivity index (χ2n) is 5.91. The third kappa shape index (κ3) is 5.37. The average Bonchev–Trinajstić information content (AvgIpc) is 2.59. The number of anilines is 2. The molecule has 26 heavy (non-hydrogen) atoms. The van der Waals surface area contributed by atoms with Crippen LogP contribution in [-0.2, 0) is 0 Å². The molecule has 2 aromatic carbocycles. The van der Waals surface area contributed by atoms with E-state index in [1.165, 1.54) is 6.92 Å². The molecule has 2 aromatic rings. The molecule has 138 valence electrons. The maximum atomic E-state index is 12.9. The zero-order valence-corrected chi connectivity index (χ0v) is 15.9. The molecule has 0 heterocycles. The first-order valence-corrected chi connectivity index (χ1v) is 8.65. The number of nitrogens with one attached hydrogen (secondary N) is 1. The van der Waals surface area contributed by atoms with Crippen molar-refractivity contribution in [3.8, 4) is 11.1 Å². The van der Waals surface area contributed by atoms with Crippen molar-refractivity contribution in [3.63, 3.8) is 0 Å². The Hall–Kier alpha value is -2.26. The Morgan fingerprint density at radius 1 is 1.15 bits per heavy atom. The molecule has 2 nitrogen and oxygen atoms in total. The van der Waals surface area contributed by atoms with Gasteiger partial charge in [0.15, 0.2) is 0 Å². The van der Waals surface area contributed by atoms with Gasteiger partial charge in [0.1, 0.15) is 0 Å². The fourth-order valence-electron chi connectivity index (χ4n) is 2.50. The molecule has 0 spiro atoms. The van der Waals surface area contributed by atoms with E-state index in [1.54, 1.807) is 6.07 Å². The summed E-state index contributed by atoms with van der Waals surface area (Å²) in [6.45, 7) is 5.17. The maximum absolute atomic E-state index is 12.9. The standard InChI is InChI=1S/C20H22F3N2P/c1-4-17(20(21,22)23)11-14(2)24-18-9-5-7-15(12-18)16-8-6-10-19(13-16)25(3)26/h5-13,24H,2,4,26H2,1,3H3/b17-11+. The summed E-state index contributed by atoms with van der Waals surface area (Å²) in [7, 11) is 4.54. The van der Waals surface area contributed by atoms with E-state index >= 15 is 0 Å². The lowest BCUT2D eigenvalue weighted by Crippen LogP contribution is -2.12. The molecule has 0 radical (unpaired) electrons. The van der Waals surface area contributed by atoms with Crippen LogP contribution in [0.5, 0.6) is 0 Å². The summed E-state index contributed by atoms with van der Waals surface area (Å²) in [5.41, 5.74) is 3.30. The summed E-state index contributed by atoms with van der Waals surface area (Å²) in [5.74, 6) is 0. The molecule has 0 saturated heterocycles. The average molecular weight is 378 g/mol. The van der Waals surface area contributed by atoms with Crippen molar-refractivity contribution in [2.75, 3.05) is 17.0 Å². The van der Waals surface area contributed by atoms with Crippen LogP contribution in [-0.4, -0.2) is 13.2 Å². The van der Waals surface area contributed by atoms with E-state index in [-0.39, 0.29) is 12.1 Å². The lowest BCUT2D eigenvalue weighted by molar-refractivity contribution is -0.0935. The van der Waals surface area contributed by atoms with Crippen LogP contribution in [0.15, 0.2) is 72.5 Å². The van der Waals surface area contributed by atoms with E-state index in [4.69, 9.17) is 0 Å². The van der Waals surface area contributed by atoms with Gasteiger partial charge >= 0.3 is 6.18 Å². The first kappa shape index (κ1) is 20.1. The Bertz CT molecular complexity index is 811. The van der Waals surface area contributed by atoms with E-state index in [1.807, 2.05) is 54.2 Å². The highest BCUT2D eigenvalue weighted by molar-refractivity contribution is 7.19. The quantitative estimate of drug-likeness (QED) is 0.462. The highest BCUT2D eigenvalue weighted by atomic mass is 31.0. The highest BCUT2D eigenvalue weighted by Crippen LogP contribution is 2.30. The van der Waals surface area contributed by atoms with Gasteiger partial charge in [-0.1, -0.05) is 37.8 Å². The third-order valence-electron chi connectivity index (χ3n) is 3.85. The largest absolute Gasteiger partial charge is 0.412 e. The fraction of sp³-hybridized carbons (Fsp3) is 0.200. The van der Waals surface area contributed by atoms with Gasteiger partial charge in [-0.25, -0.2) is 0 Å². The second kappa shape index (κ2) is 8.41. The number of allylic oxidation sites excluding steroid dienone is 2. The minimum atomic E-state index is -4.34. The summed E-state index contributed by atoms with van der Waals surface area (Å²) in [6.07, 6.45) is -3.39.